The van der Waals surface area contributed by atoms with E-state index in [2.05, 4.69) is 36.5 Å². The van der Waals surface area contributed by atoms with Gasteiger partial charge in [-0.1, -0.05) is 88.6 Å². The third kappa shape index (κ3) is 4.55. The molecule has 2 N–H and O–H groups in total. The Labute approximate surface area is 162 Å². The van der Waals surface area contributed by atoms with Gasteiger partial charge in [0.05, 0.1) is 16.8 Å². The van der Waals surface area contributed by atoms with Crippen LogP contribution in [0.25, 0.3) is 0 Å². The van der Waals surface area contributed by atoms with Crippen molar-refractivity contribution in [3.05, 3.63) is 57.6 Å². The normalized spacial score (nSPS) is 19.5. The van der Waals surface area contributed by atoms with Gasteiger partial charge in [0.1, 0.15) is 0 Å². The van der Waals surface area contributed by atoms with Crippen LogP contribution in [-0.4, -0.2) is 11.2 Å². The Kier molecular flexibility index (Phi) is 6.95. The molecule has 2 aromatic rings. The van der Waals surface area contributed by atoms with Crippen LogP contribution < -0.4 is 10.9 Å². The molecular weight excluding hydrogens is 336 g/mol. The van der Waals surface area contributed by atoms with Gasteiger partial charge in [0.25, 0.3) is 0 Å². The average molecular weight is 371 g/mol. The maximum absolute atomic E-state index is 12.2. The molecule has 1 aromatic heterocycles. The second kappa shape index (κ2) is 9.41. The topological polar surface area (TPSA) is 58.0 Å². The standard InChI is InChI=1S/C23H34N2O2/c1-3-4-5-6-7-8-9-11-14-18(2)24-23(19-15-12-10-13-16-19)17-20-21(23)22(26)27-25-20/h10,12-13,15-16,18,24-25H,3-9,11,14,17H2,1-2H3. The predicted octanol–water partition coefficient (Wildman–Crippen LogP) is 5.28. The number of hydrogen-bond acceptors (Lipinski definition) is 3. The van der Waals surface area contributed by atoms with Crippen LogP contribution in [0.4, 0.5) is 0 Å². The summed E-state index contributed by atoms with van der Waals surface area (Å²) < 4.78 is 5.05. The minimum atomic E-state index is -0.406. The average Bonchev–Trinajstić information content (AvgIpc) is 2.97. The zero-order chi connectivity index (χ0) is 19.1. The van der Waals surface area contributed by atoms with Crippen molar-refractivity contribution in [1.82, 2.24) is 10.5 Å². The molecule has 0 spiro atoms. The molecule has 27 heavy (non-hydrogen) atoms. The summed E-state index contributed by atoms with van der Waals surface area (Å²) in [6.07, 6.45) is 12.6. The highest BCUT2D eigenvalue weighted by Gasteiger charge is 2.49. The summed E-state index contributed by atoms with van der Waals surface area (Å²) >= 11 is 0. The fourth-order valence-electron chi connectivity index (χ4n) is 4.39. The minimum Gasteiger partial charge on any atom is -0.338 e. The lowest BCUT2D eigenvalue weighted by Gasteiger charge is -2.43. The van der Waals surface area contributed by atoms with E-state index in [0.29, 0.717) is 6.04 Å². The van der Waals surface area contributed by atoms with Crippen LogP contribution in [0.1, 0.15) is 88.5 Å². The first-order valence-electron chi connectivity index (χ1n) is 10.7. The third-order valence-corrected chi connectivity index (χ3v) is 5.89. The van der Waals surface area contributed by atoms with Gasteiger partial charge in [-0.15, -0.1) is 0 Å². The summed E-state index contributed by atoms with van der Waals surface area (Å²) in [6, 6.07) is 10.6. The Bertz CT molecular complexity index is 749. The number of aromatic nitrogens is 1. The van der Waals surface area contributed by atoms with Gasteiger partial charge in [-0.2, -0.15) is 0 Å². The summed E-state index contributed by atoms with van der Waals surface area (Å²) in [5.74, 6) is 0. The van der Waals surface area contributed by atoms with Crippen LogP contribution in [0.5, 0.6) is 0 Å². The van der Waals surface area contributed by atoms with Crippen molar-refractivity contribution in [2.75, 3.05) is 0 Å². The molecule has 1 heterocycles. The second-order valence-electron chi connectivity index (χ2n) is 8.10. The number of rotatable bonds is 12. The van der Waals surface area contributed by atoms with Gasteiger partial charge in [-0.25, -0.2) is 9.95 Å². The molecule has 1 aliphatic carbocycles. The van der Waals surface area contributed by atoms with Crippen LogP contribution in [0.2, 0.25) is 0 Å². The summed E-state index contributed by atoms with van der Waals surface area (Å²) in [6.45, 7) is 4.50. The quantitative estimate of drug-likeness (QED) is 0.500. The van der Waals surface area contributed by atoms with Gasteiger partial charge in [0, 0.05) is 12.5 Å². The molecule has 0 amide bonds. The number of fused-ring (bicyclic) bond motifs is 1. The Balaban J connectivity index is 1.53. The highest BCUT2D eigenvalue weighted by Crippen LogP contribution is 2.42. The molecular formula is C23H34N2O2. The lowest BCUT2D eigenvalue weighted by molar-refractivity contribution is 0.295. The zero-order valence-corrected chi connectivity index (χ0v) is 16.9. The highest BCUT2D eigenvalue weighted by molar-refractivity contribution is 5.48. The lowest BCUT2D eigenvalue weighted by Crippen LogP contribution is -2.56. The van der Waals surface area contributed by atoms with Crippen molar-refractivity contribution < 1.29 is 4.52 Å². The summed E-state index contributed by atoms with van der Waals surface area (Å²) in [7, 11) is 0. The van der Waals surface area contributed by atoms with Gasteiger partial charge in [-0.05, 0) is 18.9 Å². The van der Waals surface area contributed by atoms with Gasteiger partial charge in [0.15, 0.2) is 0 Å². The van der Waals surface area contributed by atoms with Gasteiger partial charge in [0.2, 0.25) is 0 Å². The van der Waals surface area contributed by atoms with E-state index in [1.54, 1.807) is 0 Å². The molecule has 3 rings (SSSR count). The van der Waals surface area contributed by atoms with Crippen LogP contribution in [0.15, 0.2) is 39.6 Å². The smallest absolute Gasteiger partial charge is 0.338 e. The monoisotopic (exact) mass is 370 g/mol. The molecule has 0 bridgehead atoms. The molecule has 4 heteroatoms. The number of unbranched alkanes of at least 4 members (excludes halogenated alkanes) is 7. The zero-order valence-electron chi connectivity index (χ0n) is 16.9. The minimum absolute atomic E-state index is 0.244. The number of benzene rings is 1. The Morgan fingerprint density at radius 1 is 1.07 bits per heavy atom. The summed E-state index contributed by atoms with van der Waals surface area (Å²) in [4.78, 5) is 12.2. The van der Waals surface area contributed by atoms with E-state index in [0.717, 1.165) is 29.7 Å². The van der Waals surface area contributed by atoms with Gasteiger partial charge in [-0.3, -0.25) is 0 Å². The van der Waals surface area contributed by atoms with E-state index in [9.17, 15) is 4.79 Å². The van der Waals surface area contributed by atoms with E-state index in [1.807, 2.05) is 18.2 Å². The van der Waals surface area contributed by atoms with Gasteiger partial charge >= 0.3 is 5.63 Å². The largest absolute Gasteiger partial charge is 0.362 e. The van der Waals surface area contributed by atoms with Crippen molar-refractivity contribution >= 4 is 0 Å². The summed E-state index contributed by atoms with van der Waals surface area (Å²) in [5, 5.41) is 6.54. The molecule has 2 unspecified atom stereocenters. The van der Waals surface area contributed by atoms with Crippen molar-refractivity contribution in [3.8, 4) is 0 Å². The first kappa shape index (κ1) is 19.9. The second-order valence-corrected chi connectivity index (χ2v) is 8.10. The molecule has 1 aromatic carbocycles. The molecule has 0 aliphatic heterocycles. The van der Waals surface area contributed by atoms with E-state index < -0.39 is 5.54 Å². The SMILES string of the molecule is CCCCCCCCCCC(C)NC1(c2ccccc2)Cc2[nH]oc(=O)c21. The molecule has 4 nitrogen and oxygen atoms in total. The molecule has 148 valence electrons. The first-order chi connectivity index (χ1) is 13.2. The third-order valence-electron chi connectivity index (χ3n) is 5.89. The maximum atomic E-state index is 12.2. The predicted molar refractivity (Wildman–Crippen MR) is 110 cm³/mol. The van der Waals surface area contributed by atoms with Crippen LogP contribution in [0, 0.1) is 0 Å². The van der Waals surface area contributed by atoms with Crippen LogP contribution in [-0.2, 0) is 12.0 Å². The van der Waals surface area contributed by atoms with E-state index in [-0.39, 0.29) is 5.63 Å². The molecule has 0 saturated carbocycles. The fraction of sp³-hybridized carbons (Fsp3) is 0.609. The first-order valence-corrected chi connectivity index (χ1v) is 10.7. The van der Waals surface area contributed by atoms with Crippen molar-refractivity contribution in [1.29, 1.82) is 0 Å². The number of nitrogens with one attached hydrogen (secondary N) is 2. The molecule has 0 radical (unpaired) electrons. The molecule has 1 aliphatic rings. The van der Waals surface area contributed by atoms with E-state index in [1.165, 1.54) is 51.4 Å². The van der Waals surface area contributed by atoms with Crippen molar-refractivity contribution in [2.45, 2.75) is 89.6 Å². The lowest BCUT2D eigenvalue weighted by atomic mass is 9.69. The maximum Gasteiger partial charge on any atom is 0.362 e. The highest BCUT2D eigenvalue weighted by atomic mass is 16.5. The molecule has 2 atom stereocenters. The van der Waals surface area contributed by atoms with Crippen molar-refractivity contribution in [2.24, 2.45) is 0 Å². The Morgan fingerprint density at radius 2 is 1.74 bits per heavy atom. The van der Waals surface area contributed by atoms with Crippen molar-refractivity contribution in [3.63, 3.8) is 0 Å². The number of hydrogen-bond donors (Lipinski definition) is 2. The Hall–Kier alpha value is -1.81. The van der Waals surface area contributed by atoms with E-state index >= 15 is 0 Å². The Morgan fingerprint density at radius 3 is 2.41 bits per heavy atom. The molecule has 0 saturated heterocycles. The fourth-order valence-corrected chi connectivity index (χ4v) is 4.39. The summed E-state index contributed by atoms with van der Waals surface area (Å²) in [5.41, 5.74) is 2.18. The van der Waals surface area contributed by atoms with Crippen LogP contribution >= 0.6 is 0 Å². The number of aromatic amines is 1. The van der Waals surface area contributed by atoms with E-state index in [4.69, 9.17) is 4.52 Å². The van der Waals surface area contributed by atoms with Gasteiger partial charge < -0.3 is 9.84 Å². The molecule has 0 fully saturated rings. The number of H-pyrrole nitrogens is 1. The van der Waals surface area contributed by atoms with Crippen LogP contribution in [0.3, 0.4) is 0 Å².